The number of carbonyl (C=O) groups excluding carboxylic acids is 1. The molecule has 1 aromatic heterocycles. The third kappa shape index (κ3) is 7.01. The second kappa shape index (κ2) is 12.4. The molecule has 7 nitrogen and oxygen atoms in total. The Morgan fingerprint density at radius 2 is 2.03 bits per heavy atom. The van der Waals surface area contributed by atoms with E-state index in [1.165, 1.54) is 25.4 Å². The summed E-state index contributed by atoms with van der Waals surface area (Å²) in [6, 6.07) is 8.40. The zero-order valence-corrected chi connectivity index (χ0v) is 18.0. The van der Waals surface area contributed by atoms with Gasteiger partial charge in [-0.25, -0.2) is 14.2 Å². The summed E-state index contributed by atoms with van der Waals surface area (Å²) < 4.78 is 24.9. The summed E-state index contributed by atoms with van der Waals surface area (Å²) >= 11 is 0. The molecule has 0 saturated heterocycles. The van der Waals surface area contributed by atoms with Crippen molar-refractivity contribution in [2.24, 2.45) is 11.7 Å². The van der Waals surface area contributed by atoms with E-state index in [4.69, 9.17) is 10.5 Å². The Morgan fingerprint density at radius 1 is 1.33 bits per heavy atom. The lowest BCUT2D eigenvalue weighted by molar-refractivity contribution is 0.186. The summed E-state index contributed by atoms with van der Waals surface area (Å²) in [5, 5.41) is 11.7. The molecular weight excluding hydrogens is 387 g/mol. The first-order valence-electron chi connectivity index (χ1n) is 9.78. The van der Waals surface area contributed by atoms with Crippen molar-refractivity contribution in [2.45, 2.75) is 40.2 Å². The van der Waals surface area contributed by atoms with Crippen LogP contribution < -0.4 is 15.8 Å². The second-order valence-electron chi connectivity index (χ2n) is 6.59. The number of pyridine rings is 1. The first-order chi connectivity index (χ1) is 14.3. The van der Waals surface area contributed by atoms with Crippen LogP contribution in [0.3, 0.4) is 0 Å². The molecule has 2 aromatic rings. The molecule has 3 N–H and O–H groups in total. The molecule has 0 aliphatic carbocycles. The molecule has 30 heavy (non-hydrogen) atoms. The molecule has 0 saturated carbocycles. The number of hydrogen-bond donors (Lipinski definition) is 2. The molecule has 1 aromatic carbocycles. The molecule has 0 aliphatic heterocycles. The molecule has 1 amide bonds. The number of nitrogens with zero attached hydrogens (tertiary/aromatic N) is 2. The van der Waals surface area contributed by atoms with E-state index < -0.39 is 11.9 Å². The van der Waals surface area contributed by atoms with Gasteiger partial charge in [-0.2, -0.15) is 5.26 Å². The van der Waals surface area contributed by atoms with Crippen molar-refractivity contribution in [1.82, 2.24) is 4.98 Å². The summed E-state index contributed by atoms with van der Waals surface area (Å²) in [6.07, 6.45) is 1.33. The number of nitriles is 1. The fourth-order valence-electron chi connectivity index (χ4n) is 2.75. The quantitative estimate of drug-likeness (QED) is 0.676. The zero-order chi connectivity index (χ0) is 22.7. The Labute approximate surface area is 177 Å². The van der Waals surface area contributed by atoms with Crippen molar-refractivity contribution in [3.8, 4) is 22.9 Å². The molecule has 1 heterocycles. The standard InChI is InChI=1S/C20H23FN4O3.C2H6/c1-12(8-13(2)23)11-28-17-5-4-14(9-15(17)10-22)16-6-7-24-19(18(16)21)25-20(26)27-3;1-2/h4-7,9,12-13H,8,11,23H2,1-3H3,(H,24,25,26);1-2H3. The van der Waals surface area contributed by atoms with Gasteiger partial charge >= 0.3 is 6.09 Å². The average molecular weight is 416 g/mol. The fourth-order valence-corrected chi connectivity index (χ4v) is 2.75. The van der Waals surface area contributed by atoms with Gasteiger partial charge in [0.25, 0.3) is 0 Å². The van der Waals surface area contributed by atoms with E-state index in [0.717, 1.165) is 6.42 Å². The van der Waals surface area contributed by atoms with E-state index in [1.54, 1.807) is 12.1 Å². The van der Waals surface area contributed by atoms with Crippen LogP contribution in [0.4, 0.5) is 15.0 Å². The van der Waals surface area contributed by atoms with Crippen LogP contribution in [-0.2, 0) is 4.74 Å². The molecule has 2 unspecified atom stereocenters. The minimum absolute atomic E-state index is 0.0684. The van der Waals surface area contributed by atoms with Gasteiger partial charge in [0.1, 0.15) is 11.8 Å². The fraction of sp³-hybridized carbons (Fsp3) is 0.409. The van der Waals surface area contributed by atoms with Crippen molar-refractivity contribution in [2.75, 3.05) is 19.0 Å². The molecule has 0 radical (unpaired) electrons. The lowest BCUT2D eigenvalue weighted by atomic mass is 10.0. The van der Waals surface area contributed by atoms with Gasteiger partial charge in [-0.15, -0.1) is 0 Å². The highest BCUT2D eigenvalue weighted by Gasteiger charge is 2.16. The van der Waals surface area contributed by atoms with Gasteiger partial charge in [-0.3, -0.25) is 5.32 Å². The normalized spacial score (nSPS) is 11.9. The third-order valence-corrected chi connectivity index (χ3v) is 4.00. The Bertz CT molecular complexity index is 881. The number of nitrogens with two attached hydrogens (primary N) is 1. The largest absolute Gasteiger partial charge is 0.492 e. The van der Waals surface area contributed by atoms with Crippen molar-refractivity contribution >= 4 is 11.9 Å². The monoisotopic (exact) mass is 416 g/mol. The number of amides is 1. The molecule has 0 fully saturated rings. The molecular formula is C22H29FN4O3. The van der Waals surface area contributed by atoms with Crippen LogP contribution in [0.15, 0.2) is 30.5 Å². The van der Waals surface area contributed by atoms with Crippen molar-refractivity contribution < 1.29 is 18.7 Å². The Morgan fingerprint density at radius 3 is 2.63 bits per heavy atom. The molecule has 8 heteroatoms. The summed E-state index contributed by atoms with van der Waals surface area (Å²) in [4.78, 5) is 15.1. The van der Waals surface area contributed by atoms with Crippen LogP contribution in [-0.4, -0.2) is 30.8 Å². The smallest absolute Gasteiger partial charge is 0.412 e. The van der Waals surface area contributed by atoms with E-state index in [1.807, 2.05) is 27.7 Å². The number of hydrogen-bond acceptors (Lipinski definition) is 6. The van der Waals surface area contributed by atoms with Crippen LogP contribution >= 0.6 is 0 Å². The third-order valence-electron chi connectivity index (χ3n) is 4.00. The number of benzene rings is 1. The Balaban J connectivity index is 0.00000218. The van der Waals surface area contributed by atoms with E-state index >= 15 is 0 Å². The second-order valence-corrected chi connectivity index (χ2v) is 6.59. The van der Waals surface area contributed by atoms with E-state index in [-0.39, 0.29) is 28.9 Å². The van der Waals surface area contributed by atoms with Crippen molar-refractivity contribution in [3.63, 3.8) is 0 Å². The Kier molecular flexibility index (Phi) is 10.3. The summed E-state index contributed by atoms with van der Waals surface area (Å²) in [5.41, 5.74) is 6.72. The summed E-state index contributed by atoms with van der Waals surface area (Å²) in [5.74, 6) is -0.329. The first-order valence-corrected chi connectivity index (χ1v) is 9.78. The topological polar surface area (TPSA) is 110 Å². The number of rotatable bonds is 7. The number of methoxy groups -OCH3 is 1. The lowest BCUT2D eigenvalue weighted by Gasteiger charge is -2.16. The molecule has 0 bridgehead atoms. The van der Waals surface area contributed by atoms with Crippen LogP contribution in [0.1, 0.15) is 39.7 Å². The van der Waals surface area contributed by atoms with Gasteiger partial charge in [0.2, 0.25) is 0 Å². The van der Waals surface area contributed by atoms with Crippen LogP contribution in [0.2, 0.25) is 0 Å². The predicted octanol–water partition coefficient (Wildman–Crippen LogP) is 4.72. The molecule has 162 valence electrons. The van der Waals surface area contributed by atoms with E-state index in [2.05, 4.69) is 21.1 Å². The highest BCUT2D eigenvalue weighted by atomic mass is 19.1. The number of carbonyl (C=O) groups is 1. The maximum atomic E-state index is 14.7. The van der Waals surface area contributed by atoms with Gasteiger partial charge < -0.3 is 15.2 Å². The zero-order valence-electron chi connectivity index (χ0n) is 18.0. The van der Waals surface area contributed by atoms with Crippen LogP contribution in [0, 0.1) is 23.1 Å². The van der Waals surface area contributed by atoms with Gasteiger partial charge in [0.05, 0.1) is 19.3 Å². The Hall–Kier alpha value is -3.18. The van der Waals surface area contributed by atoms with Gasteiger partial charge in [0.15, 0.2) is 11.6 Å². The van der Waals surface area contributed by atoms with E-state index in [9.17, 15) is 14.4 Å². The number of nitrogens with one attached hydrogen (secondary N) is 1. The average Bonchev–Trinajstić information content (AvgIpc) is 2.74. The van der Waals surface area contributed by atoms with Crippen molar-refractivity contribution in [3.05, 3.63) is 41.8 Å². The maximum absolute atomic E-state index is 14.7. The highest BCUT2D eigenvalue weighted by Crippen LogP contribution is 2.30. The number of ether oxygens (including phenoxy) is 2. The predicted molar refractivity (Wildman–Crippen MR) is 115 cm³/mol. The number of aromatic nitrogens is 1. The van der Waals surface area contributed by atoms with Crippen LogP contribution in [0.5, 0.6) is 5.75 Å². The molecule has 2 atom stereocenters. The highest BCUT2D eigenvalue weighted by molar-refractivity contribution is 5.84. The van der Waals surface area contributed by atoms with Gasteiger partial charge in [0, 0.05) is 17.8 Å². The minimum Gasteiger partial charge on any atom is -0.492 e. The van der Waals surface area contributed by atoms with Crippen LogP contribution in [0.25, 0.3) is 11.1 Å². The number of halogens is 1. The van der Waals surface area contributed by atoms with Gasteiger partial charge in [-0.05, 0) is 43.0 Å². The lowest BCUT2D eigenvalue weighted by Crippen LogP contribution is -2.21. The summed E-state index contributed by atoms with van der Waals surface area (Å²) in [7, 11) is 1.17. The maximum Gasteiger partial charge on any atom is 0.412 e. The van der Waals surface area contributed by atoms with Gasteiger partial charge in [-0.1, -0.05) is 26.8 Å². The summed E-state index contributed by atoms with van der Waals surface area (Å²) in [6.45, 7) is 8.37. The molecule has 0 spiro atoms. The minimum atomic E-state index is -0.828. The first kappa shape index (κ1) is 24.9. The number of anilines is 1. The molecule has 0 aliphatic rings. The van der Waals surface area contributed by atoms with E-state index in [0.29, 0.717) is 17.9 Å². The SMILES string of the molecule is CC.COC(=O)Nc1nccc(-c2ccc(OCC(C)CC(C)N)c(C#N)c2)c1F. The molecule has 2 rings (SSSR count). The van der Waals surface area contributed by atoms with Crippen molar-refractivity contribution in [1.29, 1.82) is 5.26 Å².